The van der Waals surface area contributed by atoms with Gasteiger partial charge in [0, 0.05) is 0 Å². The van der Waals surface area contributed by atoms with Crippen LogP contribution in [0.15, 0.2) is 24.3 Å². The summed E-state index contributed by atoms with van der Waals surface area (Å²) in [5.41, 5.74) is 2.49. The first kappa shape index (κ1) is 14.6. The molecule has 1 atom stereocenters. The van der Waals surface area contributed by atoms with E-state index in [1.54, 1.807) is 0 Å². The molecule has 0 bridgehead atoms. The first-order valence-corrected chi connectivity index (χ1v) is 8.01. The van der Waals surface area contributed by atoms with Crippen molar-refractivity contribution in [2.75, 3.05) is 0 Å². The first-order valence-electron chi connectivity index (χ1n) is 8.01. The highest BCUT2D eigenvalue weighted by Gasteiger charge is 2.26. The zero-order chi connectivity index (χ0) is 13.7. The molecule has 0 saturated heterocycles. The fraction of sp³-hybridized carbons (Fsp3) is 0.667. The SMILES string of the molecule is CCCc1ccc(C(O)C2CCC(CC)CC2)cc1. The highest BCUT2D eigenvalue weighted by Crippen LogP contribution is 2.37. The molecule has 2 rings (SSSR count). The van der Waals surface area contributed by atoms with Crippen molar-refractivity contribution < 1.29 is 5.11 Å². The normalized spacial score (nSPS) is 25.2. The molecule has 1 N–H and O–H groups in total. The minimum absolute atomic E-state index is 0.256. The van der Waals surface area contributed by atoms with Crippen LogP contribution in [0.5, 0.6) is 0 Å². The second-order valence-corrected chi connectivity index (χ2v) is 6.13. The van der Waals surface area contributed by atoms with Gasteiger partial charge in [-0.05, 0) is 42.2 Å². The topological polar surface area (TPSA) is 20.2 Å². The molecule has 0 aromatic heterocycles. The van der Waals surface area contributed by atoms with Crippen molar-refractivity contribution in [2.24, 2.45) is 11.8 Å². The Kier molecular flexibility index (Phi) is 5.45. The van der Waals surface area contributed by atoms with Crippen LogP contribution in [-0.2, 0) is 6.42 Å². The maximum absolute atomic E-state index is 10.5. The van der Waals surface area contributed by atoms with Gasteiger partial charge in [-0.25, -0.2) is 0 Å². The van der Waals surface area contributed by atoms with Crippen LogP contribution in [0.2, 0.25) is 0 Å². The van der Waals surface area contributed by atoms with E-state index in [2.05, 4.69) is 38.1 Å². The number of aliphatic hydroxyl groups excluding tert-OH is 1. The molecule has 1 aromatic carbocycles. The molecule has 1 saturated carbocycles. The molecule has 0 radical (unpaired) electrons. The van der Waals surface area contributed by atoms with Crippen LogP contribution in [0, 0.1) is 11.8 Å². The zero-order valence-electron chi connectivity index (χ0n) is 12.4. The maximum Gasteiger partial charge on any atom is 0.0818 e. The summed E-state index contributed by atoms with van der Waals surface area (Å²) in [5.74, 6) is 1.37. The summed E-state index contributed by atoms with van der Waals surface area (Å²) in [4.78, 5) is 0. The van der Waals surface area contributed by atoms with E-state index in [-0.39, 0.29) is 6.10 Å². The molecular formula is C18H28O. The molecule has 1 aliphatic rings. The second-order valence-electron chi connectivity index (χ2n) is 6.13. The van der Waals surface area contributed by atoms with E-state index in [1.807, 2.05) is 0 Å². The third-order valence-electron chi connectivity index (χ3n) is 4.78. The van der Waals surface area contributed by atoms with E-state index >= 15 is 0 Å². The van der Waals surface area contributed by atoms with Crippen LogP contribution < -0.4 is 0 Å². The first-order chi connectivity index (χ1) is 9.24. The van der Waals surface area contributed by atoms with Gasteiger partial charge in [0.2, 0.25) is 0 Å². The minimum atomic E-state index is -0.256. The van der Waals surface area contributed by atoms with Crippen molar-refractivity contribution in [3.05, 3.63) is 35.4 Å². The molecule has 1 aromatic rings. The Morgan fingerprint density at radius 1 is 1.05 bits per heavy atom. The molecular weight excluding hydrogens is 232 g/mol. The molecule has 1 heteroatoms. The van der Waals surface area contributed by atoms with Crippen molar-refractivity contribution >= 4 is 0 Å². The fourth-order valence-corrected chi connectivity index (χ4v) is 3.35. The van der Waals surface area contributed by atoms with Crippen LogP contribution in [0.3, 0.4) is 0 Å². The number of hydrogen-bond donors (Lipinski definition) is 1. The molecule has 0 heterocycles. The van der Waals surface area contributed by atoms with Gasteiger partial charge in [-0.2, -0.15) is 0 Å². The van der Waals surface area contributed by atoms with Gasteiger partial charge in [0.15, 0.2) is 0 Å². The summed E-state index contributed by atoms with van der Waals surface area (Å²) >= 11 is 0. The lowest BCUT2D eigenvalue weighted by molar-refractivity contribution is 0.0729. The van der Waals surface area contributed by atoms with Crippen molar-refractivity contribution in [1.29, 1.82) is 0 Å². The molecule has 1 nitrogen and oxygen atoms in total. The minimum Gasteiger partial charge on any atom is -0.388 e. The summed E-state index contributed by atoms with van der Waals surface area (Å²) in [6, 6.07) is 8.61. The van der Waals surface area contributed by atoms with Crippen molar-refractivity contribution in [3.8, 4) is 0 Å². The third kappa shape index (κ3) is 3.82. The van der Waals surface area contributed by atoms with E-state index in [0.717, 1.165) is 17.9 Å². The zero-order valence-corrected chi connectivity index (χ0v) is 12.4. The number of rotatable bonds is 5. The Morgan fingerprint density at radius 3 is 2.21 bits per heavy atom. The number of aryl methyl sites for hydroxylation is 1. The predicted octanol–water partition coefficient (Wildman–Crippen LogP) is 4.89. The molecule has 0 amide bonds. The second kappa shape index (κ2) is 7.09. The van der Waals surface area contributed by atoms with Gasteiger partial charge in [-0.1, -0.05) is 63.8 Å². The van der Waals surface area contributed by atoms with Crippen LogP contribution >= 0.6 is 0 Å². The largest absolute Gasteiger partial charge is 0.388 e. The van der Waals surface area contributed by atoms with Crippen LogP contribution in [0.4, 0.5) is 0 Å². The smallest absolute Gasteiger partial charge is 0.0818 e. The molecule has 106 valence electrons. The van der Waals surface area contributed by atoms with Crippen LogP contribution in [0.1, 0.15) is 69.6 Å². The molecule has 19 heavy (non-hydrogen) atoms. The summed E-state index contributed by atoms with van der Waals surface area (Å²) in [6.45, 7) is 4.49. The lowest BCUT2D eigenvalue weighted by Crippen LogP contribution is -2.20. The number of hydrogen-bond acceptors (Lipinski definition) is 1. The Bertz CT molecular complexity index is 360. The Hall–Kier alpha value is -0.820. The van der Waals surface area contributed by atoms with Gasteiger partial charge in [-0.3, -0.25) is 0 Å². The van der Waals surface area contributed by atoms with E-state index in [1.165, 1.54) is 44.1 Å². The van der Waals surface area contributed by atoms with E-state index in [0.29, 0.717) is 5.92 Å². The Labute approximate surface area is 118 Å². The Balaban J connectivity index is 1.94. The summed E-state index contributed by atoms with van der Waals surface area (Å²) < 4.78 is 0. The molecule has 1 unspecified atom stereocenters. The lowest BCUT2D eigenvalue weighted by Gasteiger charge is -2.31. The van der Waals surface area contributed by atoms with Gasteiger partial charge in [0.25, 0.3) is 0 Å². The molecule has 0 aliphatic heterocycles. The molecule has 1 aliphatic carbocycles. The predicted molar refractivity (Wildman–Crippen MR) is 81.1 cm³/mol. The highest BCUT2D eigenvalue weighted by molar-refractivity contribution is 5.24. The summed E-state index contributed by atoms with van der Waals surface area (Å²) in [7, 11) is 0. The van der Waals surface area contributed by atoms with Gasteiger partial charge in [0.05, 0.1) is 6.10 Å². The molecule has 1 fully saturated rings. The average Bonchev–Trinajstić information content (AvgIpc) is 2.48. The van der Waals surface area contributed by atoms with Crippen molar-refractivity contribution in [3.63, 3.8) is 0 Å². The fourth-order valence-electron chi connectivity index (χ4n) is 3.35. The van der Waals surface area contributed by atoms with Gasteiger partial charge in [0.1, 0.15) is 0 Å². The van der Waals surface area contributed by atoms with Crippen LogP contribution in [-0.4, -0.2) is 5.11 Å². The van der Waals surface area contributed by atoms with Gasteiger partial charge < -0.3 is 5.11 Å². The Morgan fingerprint density at radius 2 is 1.68 bits per heavy atom. The number of aliphatic hydroxyl groups is 1. The lowest BCUT2D eigenvalue weighted by atomic mass is 9.77. The van der Waals surface area contributed by atoms with Crippen molar-refractivity contribution in [1.82, 2.24) is 0 Å². The van der Waals surface area contributed by atoms with Crippen molar-refractivity contribution in [2.45, 2.75) is 64.9 Å². The molecule has 0 spiro atoms. The quantitative estimate of drug-likeness (QED) is 0.799. The standard InChI is InChI=1S/C18H28O/c1-3-5-15-8-12-17(13-9-15)18(19)16-10-6-14(4-2)7-11-16/h8-9,12-14,16,18-19H,3-7,10-11H2,1-2H3. The van der Waals surface area contributed by atoms with Gasteiger partial charge in [-0.15, -0.1) is 0 Å². The highest BCUT2D eigenvalue weighted by atomic mass is 16.3. The van der Waals surface area contributed by atoms with Gasteiger partial charge >= 0.3 is 0 Å². The monoisotopic (exact) mass is 260 g/mol. The number of benzene rings is 1. The third-order valence-corrected chi connectivity index (χ3v) is 4.78. The average molecular weight is 260 g/mol. The van der Waals surface area contributed by atoms with E-state index in [4.69, 9.17) is 0 Å². The summed E-state index contributed by atoms with van der Waals surface area (Å²) in [6.07, 6.45) is 8.34. The van der Waals surface area contributed by atoms with E-state index in [9.17, 15) is 5.11 Å². The van der Waals surface area contributed by atoms with Crippen LogP contribution in [0.25, 0.3) is 0 Å². The van der Waals surface area contributed by atoms with E-state index < -0.39 is 0 Å². The maximum atomic E-state index is 10.5. The summed E-state index contributed by atoms with van der Waals surface area (Å²) in [5, 5.41) is 10.5.